The highest BCUT2D eigenvalue weighted by Crippen LogP contribution is 2.05. The van der Waals surface area contributed by atoms with E-state index in [-0.39, 0.29) is 5.28 Å². The van der Waals surface area contributed by atoms with Gasteiger partial charge in [0.05, 0.1) is 11.3 Å². The zero-order valence-electron chi connectivity index (χ0n) is 5.84. The van der Waals surface area contributed by atoms with Crippen LogP contribution in [0.2, 0.25) is 5.28 Å². The third-order valence-electron chi connectivity index (χ3n) is 1.22. The van der Waals surface area contributed by atoms with Crippen LogP contribution >= 0.6 is 11.6 Å². The lowest BCUT2D eigenvalue weighted by Crippen LogP contribution is -2.13. The van der Waals surface area contributed by atoms with Crippen LogP contribution < -0.4 is 5.73 Å². The van der Waals surface area contributed by atoms with E-state index in [1.54, 1.807) is 6.92 Å². The van der Waals surface area contributed by atoms with Crippen molar-refractivity contribution in [3.63, 3.8) is 0 Å². The summed E-state index contributed by atoms with van der Waals surface area (Å²) in [7, 11) is 0. The third kappa shape index (κ3) is 1.65. The summed E-state index contributed by atoms with van der Waals surface area (Å²) < 4.78 is 0. The van der Waals surface area contributed by atoms with Crippen LogP contribution in [0.15, 0.2) is 6.20 Å². The number of primary amides is 1. The van der Waals surface area contributed by atoms with Gasteiger partial charge in [-0.2, -0.15) is 0 Å². The summed E-state index contributed by atoms with van der Waals surface area (Å²) >= 11 is 5.45. The smallest absolute Gasteiger partial charge is 0.252 e. The molecule has 0 aliphatic rings. The molecular formula is C6H6ClN3O. The summed E-state index contributed by atoms with van der Waals surface area (Å²) in [5.41, 5.74) is 5.80. The lowest BCUT2D eigenvalue weighted by molar-refractivity contribution is 0.0999. The van der Waals surface area contributed by atoms with E-state index in [1.165, 1.54) is 6.20 Å². The van der Waals surface area contributed by atoms with E-state index in [0.29, 0.717) is 11.3 Å². The fourth-order valence-corrected chi connectivity index (χ4v) is 0.856. The Bertz CT molecular complexity index is 300. The number of rotatable bonds is 1. The molecule has 2 N–H and O–H groups in total. The molecule has 4 nitrogen and oxygen atoms in total. The molecule has 0 aliphatic carbocycles. The molecule has 0 bridgehead atoms. The predicted octanol–water partition coefficient (Wildman–Crippen LogP) is 0.537. The maximum Gasteiger partial charge on any atom is 0.252 e. The van der Waals surface area contributed by atoms with Gasteiger partial charge in [-0.1, -0.05) is 0 Å². The zero-order chi connectivity index (χ0) is 8.43. The Morgan fingerprint density at radius 1 is 1.73 bits per heavy atom. The van der Waals surface area contributed by atoms with E-state index in [4.69, 9.17) is 17.3 Å². The Morgan fingerprint density at radius 2 is 2.36 bits per heavy atom. The number of carbonyl (C=O) groups excluding carboxylic acids is 1. The largest absolute Gasteiger partial charge is 0.365 e. The third-order valence-corrected chi connectivity index (χ3v) is 1.40. The van der Waals surface area contributed by atoms with Crippen molar-refractivity contribution in [1.29, 1.82) is 0 Å². The molecule has 1 amide bonds. The van der Waals surface area contributed by atoms with Crippen LogP contribution in [0.4, 0.5) is 0 Å². The van der Waals surface area contributed by atoms with E-state index in [0.717, 1.165) is 0 Å². The van der Waals surface area contributed by atoms with Crippen LogP contribution in [0.1, 0.15) is 16.1 Å². The fourth-order valence-electron chi connectivity index (χ4n) is 0.681. The van der Waals surface area contributed by atoms with Crippen molar-refractivity contribution in [2.75, 3.05) is 0 Å². The molecular weight excluding hydrogens is 166 g/mol. The molecule has 1 rings (SSSR count). The summed E-state index contributed by atoms with van der Waals surface area (Å²) in [5, 5.41) is 0.118. The molecule has 0 aliphatic heterocycles. The van der Waals surface area contributed by atoms with Crippen molar-refractivity contribution < 1.29 is 4.79 Å². The Hall–Kier alpha value is -1.16. The summed E-state index contributed by atoms with van der Waals surface area (Å²) in [6.07, 6.45) is 1.31. The molecule has 0 unspecified atom stereocenters. The molecule has 0 fully saturated rings. The molecule has 0 radical (unpaired) electrons. The van der Waals surface area contributed by atoms with E-state index >= 15 is 0 Å². The second kappa shape index (κ2) is 2.84. The van der Waals surface area contributed by atoms with E-state index in [9.17, 15) is 4.79 Å². The monoisotopic (exact) mass is 171 g/mol. The molecule has 1 aromatic rings. The number of halogens is 1. The van der Waals surface area contributed by atoms with Crippen molar-refractivity contribution in [2.24, 2.45) is 5.73 Å². The minimum absolute atomic E-state index is 0.118. The highest BCUT2D eigenvalue weighted by molar-refractivity contribution is 6.28. The Kier molecular flexibility index (Phi) is 2.05. The fraction of sp³-hybridized carbons (Fsp3) is 0.167. The molecule has 1 aromatic heterocycles. The van der Waals surface area contributed by atoms with Gasteiger partial charge in [0, 0.05) is 6.20 Å². The second-order valence-corrected chi connectivity index (χ2v) is 2.34. The van der Waals surface area contributed by atoms with Gasteiger partial charge in [0.15, 0.2) is 0 Å². The minimum Gasteiger partial charge on any atom is -0.365 e. The van der Waals surface area contributed by atoms with Crippen LogP contribution in [-0.2, 0) is 0 Å². The quantitative estimate of drug-likeness (QED) is 0.627. The topological polar surface area (TPSA) is 68.9 Å². The average molecular weight is 172 g/mol. The van der Waals surface area contributed by atoms with Gasteiger partial charge in [-0.15, -0.1) is 0 Å². The van der Waals surface area contributed by atoms with E-state index in [1.807, 2.05) is 0 Å². The molecule has 0 saturated carbocycles. The van der Waals surface area contributed by atoms with Crippen LogP contribution in [0.3, 0.4) is 0 Å². The lowest BCUT2D eigenvalue weighted by Gasteiger charge is -1.97. The molecule has 5 heteroatoms. The molecule has 1 heterocycles. The molecule has 0 spiro atoms. The van der Waals surface area contributed by atoms with Crippen LogP contribution in [-0.4, -0.2) is 15.9 Å². The van der Waals surface area contributed by atoms with Gasteiger partial charge in [0.25, 0.3) is 5.91 Å². The number of hydrogen-bond donors (Lipinski definition) is 1. The number of aromatic nitrogens is 2. The normalized spacial score (nSPS) is 9.64. The summed E-state index contributed by atoms with van der Waals surface area (Å²) in [5.74, 6) is -0.542. The highest BCUT2D eigenvalue weighted by atomic mass is 35.5. The first kappa shape index (κ1) is 7.94. The van der Waals surface area contributed by atoms with Crippen molar-refractivity contribution in [2.45, 2.75) is 6.92 Å². The van der Waals surface area contributed by atoms with Crippen molar-refractivity contribution in [3.8, 4) is 0 Å². The van der Waals surface area contributed by atoms with Crippen LogP contribution in [0, 0.1) is 6.92 Å². The average Bonchev–Trinajstić information content (AvgIpc) is 1.85. The van der Waals surface area contributed by atoms with Gasteiger partial charge in [0.2, 0.25) is 5.28 Å². The molecule has 0 atom stereocenters. The van der Waals surface area contributed by atoms with Crippen molar-refractivity contribution in [3.05, 3.63) is 22.7 Å². The second-order valence-electron chi connectivity index (χ2n) is 2.00. The van der Waals surface area contributed by atoms with E-state index < -0.39 is 5.91 Å². The van der Waals surface area contributed by atoms with E-state index in [2.05, 4.69) is 9.97 Å². The summed E-state index contributed by atoms with van der Waals surface area (Å²) in [6, 6.07) is 0. The molecule has 11 heavy (non-hydrogen) atoms. The maximum atomic E-state index is 10.6. The van der Waals surface area contributed by atoms with Crippen LogP contribution in [0.5, 0.6) is 0 Å². The van der Waals surface area contributed by atoms with Gasteiger partial charge in [-0.05, 0) is 18.5 Å². The Balaban J connectivity index is 3.20. The summed E-state index contributed by atoms with van der Waals surface area (Å²) in [6.45, 7) is 1.65. The predicted molar refractivity (Wildman–Crippen MR) is 40.3 cm³/mol. The highest BCUT2D eigenvalue weighted by Gasteiger charge is 2.06. The SMILES string of the molecule is Cc1nc(Cl)ncc1C(N)=O. The van der Waals surface area contributed by atoms with Gasteiger partial charge >= 0.3 is 0 Å². The molecule has 0 aromatic carbocycles. The van der Waals surface area contributed by atoms with Crippen LogP contribution in [0.25, 0.3) is 0 Å². The molecule has 58 valence electrons. The Morgan fingerprint density at radius 3 is 2.82 bits per heavy atom. The maximum absolute atomic E-state index is 10.6. The molecule has 0 saturated heterocycles. The number of amides is 1. The van der Waals surface area contributed by atoms with Crippen molar-refractivity contribution in [1.82, 2.24) is 9.97 Å². The number of nitrogens with two attached hydrogens (primary N) is 1. The van der Waals surface area contributed by atoms with Gasteiger partial charge in [0.1, 0.15) is 0 Å². The number of nitrogens with zero attached hydrogens (tertiary/aromatic N) is 2. The minimum atomic E-state index is -0.542. The first-order chi connectivity index (χ1) is 5.11. The van der Waals surface area contributed by atoms with Crippen molar-refractivity contribution >= 4 is 17.5 Å². The number of hydrogen-bond acceptors (Lipinski definition) is 3. The first-order valence-electron chi connectivity index (χ1n) is 2.90. The van der Waals surface area contributed by atoms with Gasteiger partial charge < -0.3 is 5.73 Å². The Labute approximate surface area is 68.4 Å². The van der Waals surface area contributed by atoms with Gasteiger partial charge in [-0.3, -0.25) is 4.79 Å². The standard InChI is InChI=1S/C6H6ClN3O/c1-3-4(5(8)11)2-9-6(7)10-3/h2H,1H3,(H2,8,11). The van der Waals surface area contributed by atoms with Gasteiger partial charge in [-0.25, -0.2) is 9.97 Å². The number of aryl methyl sites for hydroxylation is 1. The summed E-state index contributed by atoms with van der Waals surface area (Å²) in [4.78, 5) is 18.0. The lowest BCUT2D eigenvalue weighted by atomic mass is 10.2. The first-order valence-corrected chi connectivity index (χ1v) is 3.28. The number of carbonyl (C=O) groups is 1. The zero-order valence-corrected chi connectivity index (χ0v) is 6.59.